The Bertz CT molecular complexity index is 644. The van der Waals surface area contributed by atoms with Crippen molar-refractivity contribution in [3.63, 3.8) is 0 Å². The van der Waals surface area contributed by atoms with E-state index >= 15 is 0 Å². The Hall–Kier alpha value is -1.08. The van der Waals surface area contributed by atoms with Gasteiger partial charge < -0.3 is 4.57 Å². The van der Waals surface area contributed by atoms with Crippen molar-refractivity contribution in [1.29, 1.82) is 0 Å². The van der Waals surface area contributed by atoms with Gasteiger partial charge in [-0.25, -0.2) is 4.98 Å². The van der Waals surface area contributed by atoms with Crippen molar-refractivity contribution in [3.8, 4) is 11.8 Å². The lowest BCUT2D eigenvalue weighted by molar-refractivity contribution is 0.683. The zero-order valence-electron chi connectivity index (χ0n) is 12.4. The summed E-state index contributed by atoms with van der Waals surface area (Å²) in [7, 11) is 0. The highest BCUT2D eigenvalue weighted by atomic mass is 35.5. The van der Waals surface area contributed by atoms with Crippen LogP contribution in [0.3, 0.4) is 0 Å². The molecule has 22 heavy (non-hydrogen) atoms. The molecule has 0 bridgehead atoms. The molecule has 2 rings (SSSR count). The summed E-state index contributed by atoms with van der Waals surface area (Å²) in [6, 6.07) is 5.70. The highest BCUT2D eigenvalue weighted by Crippen LogP contribution is 2.36. The van der Waals surface area contributed by atoms with Crippen molar-refractivity contribution < 1.29 is 0 Å². The van der Waals surface area contributed by atoms with Crippen LogP contribution in [-0.4, -0.2) is 15.3 Å². The molecule has 0 saturated carbocycles. The standard InChI is InChI=1S/C17H18Cl2N2S/c1-2-3-4-5-10-22-17(12-21-9-8-20-13-21)15-7-6-14(18)11-16(15)19/h6-9,11,13,17H,2,5,10,12H2,1H3. The molecule has 1 aromatic carbocycles. The van der Waals surface area contributed by atoms with E-state index in [1.807, 2.05) is 36.4 Å². The van der Waals surface area contributed by atoms with Crippen LogP contribution in [0.25, 0.3) is 0 Å². The largest absolute Gasteiger partial charge is 0.336 e. The number of rotatable bonds is 6. The molecule has 0 fully saturated rings. The number of aromatic nitrogens is 2. The molecule has 2 nitrogen and oxygen atoms in total. The lowest BCUT2D eigenvalue weighted by atomic mass is 10.1. The minimum atomic E-state index is 0.252. The summed E-state index contributed by atoms with van der Waals surface area (Å²) in [4.78, 5) is 4.10. The number of halogens is 2. The summed E-state index contributed by atoms with van der Waals surface area (Å²) in [5.41, 5.74) is 1.10. The van der Waals surface area contributed by atoms with E-state index in [1.54, 1.807) is 12.3 Å². The molecular formula is C17H18Cl2N2S. The summed E-state index contributed by atoms with van der Waals surface area (Å²) < 4.78 is 2.07. The minimum Gasteiger partial charge on any atom is -0.336 e. The Morgan fingerprint density at radius 3 is 2.86 bits per heavy atom. The molecule has 0 radical (unpaired) electrons. The number of hydrogen-bond acceptors (Lipinski definition) is 2. The third-order valence-electron chi connectivity index (χ3n) is 3.09. The minimum absolute atomic E-state index is 0.252. The topological polar surface area (TPSA) is 17.8 Å². The van der Waals surface area contributed by atoms with Gasteiger partial charge in [0, 0.05) is 52.8 Å². The normalized spacial score (nSPS) is 11.8. The number of thioether (sulfide) groups is 1. The van der Waals surface area contributed by atoms with Gasteiger partial charge in [0.25, 0.3) is 0 Å². The average Bonchev–Trinajstić information content (AvgIpc) is 2.99. The molecule has 5 heteroatoms. The molecule has 2 aromatic rings. The van der Waals surface area contributed by atoms with Gasteiger partial charge in [-0.05, 0) is 17.7 Å². The zero-order chi connectivity index (χ0) is 15.8. The molecule has 0 aliphatic carbocycles. The first-order chi connectivity index (χ1) is 10.7. The van der Waals surface area contributed by atoms with Gasteiger partial charge in [-0.15, -0.1) is 11.8 Å². The van der Waals surface area contributed by atoms with Crippen molar-refractivity contribution in [2.75, 3.05) is 5.75 Å². The second-order valence-corrected chi connectivity index (χ2v) is 6.90. The molecule has 0 spiro atoms. The molecule has 0 amide bonds. The summed E-state index contributed by atoms with van der Waals surface area (Å²) in [6.07, 6.45) is 7.39. The lowest BCUT2D eigenvalue weighted by Crippen LogP contribution is -2.06. The summed E-state index contributed by atoms with van der Waals surface area (Å²) in [6.45, 7) is 2.89. The number of benzene rings is 1. The van der Waals surface area contributed by atoms with Crippen LogP contribution in [-0.2, 0) is 6.54 Å². The van der Waals surface area contributed by atoms with Crippen molar-refractivity contribution in [3.05, 3.63) is 52.5 Å². The van der Waals surface area contributed by atoms with Crippen LogP contribution in [0.15, 0.2) is 36.9 Å². The van der Waals surface area contributed by atoms with Gasteiger partial charge in [0.2, 0.25) is 0 Å². The molecule has 1 unspecified atom stereocenters. The molecule has 0 N–H and O–H groups in total. The zero-order valence-corrected chi connectivity index (χ0v) is 14.8. The van der Waals surface area contributed by atoms with Gasteiger partial charge in [0.15, 0.2) is 0 Å². The van der Waals surface area contributed by atoms with Crippen molar-refractivity contribution in [1.82, 2.24) is 9.55 Å². The van der Waals surface area contributed by atoms with Crippen molar-refractivity contribution in [2.24, 2.45) is 0 Å². The van der Waals surface area contributed by atoms with E-state index in [2.05, 4.69) is 28.3 Å². The molecular weight excluding hydrogens is 335 g/mol. The van der Waals surface area contributed by atoms with Crippen LogP contribution in [0.1, 0.15) is 30.6 Å². The molecule has 1 atom stereocenters. The molecule has 0 saturated heterocycles. The summed E-state index contributed by atoms with van der Waals surface area (Å²) in [5.74, 6) is 7.26. The van der Waals surface area contributed by atoms with Gasteiger partial charge >= 0.3 is 0 Å². The summed E-state index contributed by atoms with van der Waals surface area (Å²) >= 11 is 14.2. The van der Waals surface area contributed by atoms with Crippen LogP contribution < -0.4 is 0 Å². The maximum atomic E-state index is 6.38. The van der Waals surface area contributed by atoms with Gasteiger partial charge in [-0.2, -0.15) is 11.8 Å². The number of nitrogens with zero attached hydrogens (tertiary/aromatic N) is 2. The van der Waals surface area contributed by atoms with Crippen LogP contribution in [0.2, 0.25) is 10.0 Å². The fourth-order valence-electron chi connectivity index (χ4n) is 2.06. The molecule has 116 valence electrons. The Kier molecular flexibility index (Phi) is 7.18. The third kappa shape index (κ3) is 5.28. The monoisotopic (exact) mass is 352 g/mol. The predicted octanol–water partition coefficient (Wildman–Crippen LogP) is 5.47. The van der Waals surface area contributed by atoms with Crippen LogP contribution in [0.5, 0.6) is 0 Å². The first-order valence-electron chi connectivity index (χ1n) is 7.18. The van der Waals surface area contributed by atoms with E-state index in [0.717, 1.165) is 30.7 Å². The first-order valence-corrected chi connectivity index (χ1v) is 8.99. The smallest absolute Gasteiger partial charge is 0.0946 e. The van der Waals surface area contributed by atoms with E-state index < -0.39 is 0 Å². The number of hydrogen-bond donors (Lipinski definition) is 0. The van der Waals surface area contributed by atoms with Crippen LogP contribution in [0, 0.1) is 11.8 Å². The van der Waals surface area contributed by atoms with Gasteiger partial charge in [0.1, 0.15) is 0 Å². The van der Waals surface area contributed by atoms with Gasteiger partial charge in [0.05, 0.1) is 6.33 Å². The fourth-order valence-corrected chi connectivity index (χ4v) is 3.83. The SMILES string of the molecule is CCC#CCCSC(Cn1ccnc1)c1ccc(Cl)cc1Cl. The maximum Gasteiger partial charge on any atom is 0.0946 e. The highest BCUT2D eigenvalue weighted by molar-refractivity contribution is 7.99. The van der Waals surface area contributed by atoms with Gasteiger partial charge in [-0.3, -0.25) is 0 Å². The first kappa shape index (κ1) is 17.3. The van der Waals surface area contributed by atoms with Crippen molar-refractivity contribution in [2.45, 2.75) is 31.6 Å². The Balaban J connectivity index is 2.10. The second kappa shape index (κ2) is 9.15. The van der Waals surface area contributed by atoms with Gasteiger partial charge in [-0.1, -0.05) is 36.2 Å². The van der Waals surface area contributed by atoms with Crippen LogP contribution in [0.4, 0.5) is 0 Å². The fraction of sp³-hybridized carbons (Fsp3) is 0.353. The van der Waals surface area contributed by atoms with E-state index in [9.17, 15) is 0 Å². The lowest BCUT2D eigenvalue weighted by Gasteiger charge is -2.18. The quantitative estimate of drug-likeness (QED) is 0.506. The predicted molar refractivity (Wildman–Crippen MR) is 96.6 cm³/mol. The Morgan fingerprint density at radius 2 is 2.18 bits per heavy atom. The molecule has 0 aliphatic heterocycles. The Morgan fingerprint density at radius 1 is 1.32 bits per heavy atom. The third-order valence-corrected chi connectivity index (χ3v) is 4.90. The van der Waals surface area contributed by atoms with E-state index in [-0.39, 0.29) is 5.25 Å². The van der Waals surface area contributed by atoms with Crippen LogP contribution >= 0.6 is 35.0 Å². The Labute approximate surface area is 146 Å². The maximum absolute atomic E-state index is 6.38. The summed E-state index contributed by atoms with van der Waals surface area (Å²) in [5, 5.41) is 1.63. The highest BCUT2D eigenvalue weighted by Gasteiger charge is 2.16. The second-order valence-electron chi connectivity index (χ2n) is 4.74. The molecule has 1 heterocycles. The molecule has 0 aliphatic rings. The van der Waals surface area contributed by atoms with E-state index in [4.69, 9.17) is 23.2 Å². The molecule has 1 aromatic heterocycles. The average molecular weight is 353 g/mol. The van der Waals surface area contributed by atoms with E-state index in [0.29, 0.717) is 10.0 Å². The van der Waals surface area contributed by atoms with E-state index in [1.165, 1.54) is 0 Å². The number of imidazole rings is 1. The van der Waals surface area contributed by atoms with Crippen molar-refractivity contribution >= 4 is 35.0 Å².